The monoisotopic (exact) mass is 308 g/mol. The molecule has 1 fully saturated rings. The van der Waals surface area contributed by atoms with Gasteiger partial charge in [0.25, 0.3) is 0 Å². The molecule has 1 aromatic rings. The van der Waals surface area contributed by atoms with E-state index in [4.69, 9.17) is 4.98 Å². The van der Waals surface area contributed by atoms with E-state index in [9.17, 15) is 5.11 Å². The number of fused-ring (bicyclic) bond motifs is 1. The van der Waals surface area contributed by atoms with Crippen molar-refractivity contribution in [2.45, 2.75) is 76.8 Å². The molecule has 2 aliphatic carbocycles. The van der Waals surface area contributed by atoms with Gasteiger partial charge in [0.1, 0.15) is 0 Å². The molecule has 0 aromatic carbocycles. The lowest BCUT2D eigenvalue weighted by Crippen LogP contribution is -2.41. The molecule has 0 radical (unpaired) electrons. The zero-order chi connectivity index (χ0) is 14.7. The second-order valence-corrected chi connectivity index (χ2v) is 7.91. The molecular formula is C17H28N2OS. The number of aliphatic hydroxyl groups excluding tert-OH is 1. The van der Waals surface area contributed by atoms with Gasteiger partial charge in [-0.2, -0.15) is 0 Å². The fourth-order valence-corrected chi connectivity index (χ4v) is 5.16. The van der Waals surface area contributed by atoms with Crippen LogP contribution in [0.15, 0.2) is 0 Å². The Balaban J connectivity index is 1.70. The molecule has 3 rings (SSSR count). The molecule has 118 valence electrons. The van der Waals surface area contributed by atoms with Crippen molar-refractivity contribution in [2.75, 3.05) is 6.61 Å². The summed E-state index contributed by atoms with van der Waals surface area (Å²) in [5, 5.41) is 14.6. The van der Waals surface area contributed by atoms with Crippen LogP contribution in [0.2, 0.25) is 0 Å². The molecular weight excluding hydrogens is 280 g/mol. The highest BCUT2D eigenvalue weighted by Gasteiger charge is 2.29. The quantitative estimate of drug-likeness (QED) is 0.871. The first-order valence-corrected chi connectivity index (χ1v) is 9.42. The van der Waals surface area contributed by atoms with Crippen LogP contribution in [0.5, 0.6) is 0 Å². The molecule has 0 amide bonds. The molecule has 2 N–H and O–H groups in total. The van der Waals surface area contributed by atoms with E-state index in [0.717, 1.165) is 18.8 Å². The van der Waals surface area contributed by atoms with Crippen molar-refractivity contribution in [2.24, 2.45) is 5.92 Å². The summed E-state index contributed by atoms with van der Waals surface area (Å²) in [6, 6.07) is 0.951. The summed E-state index contributed by atoms with van der Waals surface area (Å²) in [5.74, 6) is 0.755. The first-order valence-electron chi connectivity index (χ1n) is 8.61. The summed E-state index contributed by atoms with van der Waals surface area (Å²) in [5.41, 5.74) is 1.33. The summed E-state index contributed by atoms with van der Waals surface area (Å²) >= 11 is 1.87. The molecule has 0 spiro atoms. The van der Waals surface area contributed by atoms with Crippen molar-refractivity contribution < 1.29 is 5.11 Å². The van der Waals surface area contributed by atoms with Crippen LogP contribution < -0.4 is 5.32 Å². The van der Waals surface area contributed by atoms with E-state index in [2.05, 4.69) is 12.2 Å². The summed E-state index contributed by atoms with van der Waals surface area (Å²) in [6.07, 6.45) is 11.3. The van der Waals surface area contributed by atoms with Crippen LogP contribution in [0, 0.1) is 12.8 Å². The maximum absolute atomic E-state index is 9.45. The highest BCUT2D eigenvalue weighted by Crippen LogP contribution is 2.36. The Bertz CT molecular complexity index is 454. The van der Waals surface area contributed by atoms with Crippen molar-refractivity contribution in [1.82, 2.24) is 10.3 Å². The summed E-state index contributed by atoms with van der Waals surface area (Å²) in [4.78, 5) is 6.17. The van der Waals surface area contributed by atoms with Gasteiger partial charge >= 0.3 is 0 Å². The number of aryl methyl sites for hydroxylation is 2. The van der Waals surface area contributed by atoms with Gasteiger partial charge in [-0.1, -0.05) is 19.3 Å². The molecule has 0 aliphatic heterocycles. The van der Waals surface area contributed by atoms with Gasteiger partial charge in [0.2, 0.25) is 0 Å². The summed E-state index contributed by atoms with van der Waals surface area (Å²) in [6.45, 7) is 2.42. The predicted molar refractivity (Wildman–Crippen MR) is 87.7 cm³/mol. The molecule has 21 heavy (non-hydrogen) atoms. The van der Waals surface area contributed by atoms with Gasteiger partial charge in [-0.3, -0.25) is 0 Å². The maximum Gasteiger partial charge on any atom is 0.0900 e. The molecule has 0 saturated heterocycles. The lowest BCUT2D eigenvalue weighted by molar-refractivity contribution is 0.192. The first-order chi connectivity index (χ1) is 10.3. The van der Waals surface area contributed by atoms with Crippen LogP contribution in [0.1, 0.15) is 73.0 Å². The van der Waals surface area contributed by atoms with Gasteiger partial charge in [-0.25, -0.2) is 4.98 Å². The number of aromatic nitrogens is 1. The number of aliphatic hydroxyl groups is 1. The second kappa shape index (κ2) is 7.21. The minimum absolute atomic E-state index is 0.301. The van der Waals surface area contributed by atoms with Crippen molar-refractivity contribution in [3.05, 3.63) is 15.6 Å². The smallest absolute Gasteiger partial charge is 0.0900 e. The Labute approximate surface area is 132 Å². The molecule has 1 heterocycles. The third-order valence-corrected chi connectivity index (χ3v) is 6.26. The number of nitrogens with one attached hydrogen (secondary N) is 1. The molecule has 1 aromatic heterocycles. The predicted octanol–water partition coefficient (Wildman–Crippen LogP) is 3.75. The first kappa shape index (κ1) is 15.4. The fraction of sp³-hybridized carbons (Fsp3) is 0.824. The van der Waals surface area contributed by atoms with Crippen LogP contribution in [0.3, 0.4) is 0 Å². The van der Waals surface area contributed by atoms with Crippen molar-refractivity contribution in [1.29, 1.82) is 0 Å². The zero-order valence-electron chi connectivity index (χ0n) is 13.1. The standard InChI is InChI=1S/C17H28N2OS/c1-12-18-15-8-5-9-16(17(15)21-12)19-14(10-11-20)13-6-3-2-4-7-13/h13-14,16,19-20H,2-11H2,1H3. The van der Waals surface area contributed by atoms with Gasteiger partial charge in [-0.05, 0) is 51.4 Å². The summed E-state index contributed by atoms with van der Waals surface area (Å²) < 4.78 is 0. The number of hydrogen-bond donors (Lipinski definition) is 2. The van der Waals surface area contributed by atoms with E-state index in [-0.39, 0.29) is 0 Å². The minimum Gasteiger partial charge on any atom is -0.396 e. The number of rotatable bonds is 5. The van der Waals surface area contributed by atoms with Crippen molar-refractivity contribution in [3.8, 4) is 0 Å². The Morgan fingerprint density at radius 2 is 2.05 bits per heavy atom. The maximum atomic E-state index is 9.45. The van der Waals surface area contributed by atoms with E-state index >= 15 is 0 Å². The van der Waals surface area contributed by atoms with Crippen LogP contribution >= 0.6 is 11.3 Å². The molecule has 1 saturated carbocycles. The summed E-state index contributed by atoms with van der Waals surface area (Å²) in [7, 11) is 0. The van der Waals surface area contributed by atoms with Crippen molar-refractivity contribution >= 4 is 11.3 Å². The Morgan fingerprint density at radius 3 is 2.81 bits per heavy atom. The average Bonchev–Trinajstić information content (AvgIpc) is 2.89. The Hall–Kier alpha value is -0.450. The SMILES string of the molecule is Cc1nc2c(s1)C(NC(CCO)C1CCCCC1)CCC2. The van der Waals surface area contributed by atoms with E-state index in [1.54, 1.807) is 0 Å². The molecule has 4 heteroatoms. The molecule has 2 atom stereocenters. The van der Waals surface area contributed by atoms with Gasteiger partial charge in [0.05, 0.1) is 10.7 Å². The minimum atomic E-state index is 0.301. The van der Waals surface area contributed by atoms with Crippen molar-refractivity contribution in [3.63, 3.8) is 0 Å². The van der Waals surface area contributed by atoms with Crippen LogP contribution in [-0.2, 0) is 6.42 Å². The van der Waals surface area contributed by atoms with Crippen LogP contribution in [0.4, 0.5) is 0 Å². The average molecular weight is 308 g/mol. The van der Waals surface area contributed by atoms with Gasteiger partial charge < -0.3 is 10.4 Å². The third-order valence-electron chi connectivity index (χ3n) is 5.13. The molecule has 2 aliphatic rings. The van der Waals surface area contributed by atoms with E-state index in [0.29, 0.717) is 18.7 Å². The van der Waals surface area contributed by atoms with Gasteiger partial charge in [0.15, 0.2) is 0 Å². The van der Waals surface area contributed by atoms with E-state index in [1.165, 1.54) is 60.5 Å². The van der Waals surface area contributed by atoms with E-state index < -0.39 is 0 Å². The topological polar surface area (TPSA) is 45.2 Å². The lowest BCUT2D eigenvalue weighted by Gasteiger charge is -2.35. The van der Waals surface area contributed by atoms with Gasteiger partial charge in [0, 0.05) is 23.6 Å². The Morgan fingerprint density at radius 1 is 1.24 bits per heavy atom. The molecule has 0 bridgehead atoms. The fourth-order valence-electron chi connectivity index (χ4n) is 4.09. The second-order valence-electron chi connectivity index (χ2n) is 6.67. The number of thiazole rings is 1. The van der Waals surface area contributed by atoms with Gasteiger partial charge in [-0.15, -0.1) is 11.3 Å². The highest BCUT2D eigenvalue weighted by molar-refractivity contribution is 7.11. The van der Waals surface area contributed by atoms with Crippen LogP contribution in [0.25, 0.3) is 0 Å². The molecule has 2 unspecified atom stereocenters. The van der Waals surface area contributed by atoms with E-state index in [1.807, 2.05) is 11.3 Å². The largest absolute Gasteiger partial charge is 0.396 e. The highest BCUT2D eigenvalue weighted by atomic mass is 32.1. The van der Waals surface area contributed by atoms with Crippen LogP contribution in [-0.4, -0.2) is 22.7 Å². The number of hydrogen-bond acceptors (Lipinski definition) is 4. The molecule has 3 nitrogen and oxygen atoms in total. The normalized spacial score (nSPS) is 24.8. The third kappa shape index (κ3) is 3.66. The number of nitrogens with zero attached hydrogens (tertiary/aromatic N) is 1. The Kier molecular flexibility index (Phi) is 5.30. The lowest BCUT2D eigenvalue weighted by atomic mass is 9.82. The zero-order valence-corrected chi connectivity index (χ0v) is 13.9.